The van der Waals surface area contributed by atoms with Gasteiger partial charge in [-0.15, -0.1) is 0 Å². The van der Waals surface area contributed by atoms with E-state index in [0.29, 0.717) is 25.0 Å². The van der Waals surface area contributed by atoms with E-state index in [1.54, 1.807) is 0 Å². The average Bonchev–Trinajstić information content (AvgIpc) is 3.00. The fourth-order valence-corrected chi connectivity index (χ4v) is 116. The fourth-order valence-electron chi connectivity index (χ4n) is 6.44. The molecule has 1 saturated heterocycles. The SMILES string of the molecule is CCOC(=O)N(CCS[Si]([Si](C)(C)C)([Si](C)(C)C)[Si](C)(C)C)[C@H]1COC[C@H]1C(C)C. The Kier molecular flexibility index (Phi) is 10.0. The first kappa shape index (κ1) is 28.5. The molecule has 0 saturated carbocycles. The van der Waals surface area contributed by atoms with Gasteiger partial charge in [-0.2, -0.15) is 11.2 Å². The van der Waals surface area contributed by atoms with E-state index in [1.807, 2.05) is 11.8 Å². The Morgan fingerprint density at radius 3 is 1.90 bits per heavy atom. The van der Waals surface area contributed by atoms with Crippen LogP contribution in [0, 0.1) is 11.8 Å². The maximum atomic E-state index is 12.9. The molecule has 0 bridgehead atoms. The fraction of sp³-hybridized carbons (Fsp3) is 0.952. The predicted molar refractivity (Wildman–Crippen MR) is 145 cm³/mol. The number of carbonyl (C=O) groups is 1. The summed E-state index contributed by atoms with van der Waals surface area (Å²) in [4.78, 5) is 14.9. The van der Waals surface area contributed by atoms with Crippen LogP contribution in [0.1, 0.15) is 20.8 Å². The smallest absolute Gasteiger partial charge is 0.410 e. The Labute approximate surface area is 194 Å². The van der Waals surface area contributed by atoms with Crippen LogP contribution >= 0.6 is 11.2 Å². The van der Waals surface area contributed by atoms with Crippen LogP contribution in [0.2, 0.25) is 58.9 Å². The number of hydrogen-bond donors (Lipinski definition) is 0. The molecule has 1 fully saturated rings. The summed E-state index contributed by atoms with van der Waals surface area (Å²) >= 11 is 2.36. The topological polar surface area (TPSA) is 38.8 Å². The highest BCUT2D eigenvalue weighted by molar-refractivity contribution is 8.50. The van der Waals surface area contributed by atoms with Crippen LogP contribution < -0.4 is 0 Å². The summed E-state index contributed by atoms with van der Waals surface area (Å²) in [7, 11) is -3.96. The van der Waals surface area contributed by atoms with Crippen molar-refractivity contribution in [3.05, 3.63) is 0 Å². The Morgan fingerprint density at radius 2 is 1.50 bits per heavy atom. The maximum absolute atomic E-state index is 12.9. The number of carbonyl (C=O) groups excluding carboxylic acids is 1. The van der Waals surface area contributed by atoms with Crippen LogP contribution in [-0.2, 0) is 9.47 Å². The molecule has 1 amide bonds. The Balaban J connectivity index is 3.16. The lowest BCUT2D eigenvalue weighted by atomic mass is 9.90. The predicted octanol–water partition coefficient (Wildman–Crippen LogP) is 6.04. The van der Waals surface area contributed by atoms with Crippen molar-refractivity contribution in [2.24, 2.45) is 11.8 Å². The van der Waals surface area contributed by atoms with E-state index < -0.39 is 28.6 Å². The van der Waals surface area contributed by atoms with Crippen molar-refractivity contribution < 1.29 is 14.3 Å². The molecule has 1 aliphatic heterocycles. The van der Waals surface area contributed by atoms with Gasteiger partial charge in [0.1, 0.15) is 0 Å². The molecular formula is C21H49NO3SSi4. The van der Waals surface area contributed by atoms with E-state index in [2.05, 4.69) is 84.0 Å². The van der Waals surface area contributed by atoms with Crippen molar-refractivity contribution in [2.45, 2.75) is 85.7 Å². The van der Waals surface area contributed by atoms with E-state index in [4.69, 9.17) is 9.47 Å². The van der Waals surface area contributed by atoms with Crippen molar-refractivity contribution in [3.63, 3.8) is 0 Å². The second-order valence-electron chi connectivity index (χ2n) is 12.2. The molecule has 1 aliphatic rings. The first-order chi connectivity index (χ1) is 13.5. The standard InChI is InChI=1S/C21H49NO3SSi4/c1-13-25-21(23)22(20-17-24-16-19(20)18(2)3)14-15-26-30(27(4,5)6,28(7,8)9)29(10,11)12/h18-20H,13-17H2,1-12H3/t19-,20-/m0/s1. The van der Waals surface area contributed by atoms with Crippen LogP contribution in [0.5, 0.6) is 0 Å². The maximum Gasteiger partial charge on any atom is 0.410 e. The van der Waals surface area contributed by atoms with Crippen molar-refractivity contribution in [3.8, 4) is 0 Å². The minimum absolute atomic E-state index is 0.145. The monoisotopic (exact) mass is 507 g/mol. The largest absolute Gasteiger partial charge is 0.450 e. The van der Waals surface area contributed by atoms with E-state index in [1.165, 1.54) is 0 Å². The van der Waals surface area contributed by atoms with Gasteiger partial charge in [-0.05, 0) is 12.8 Å². The normalized spacial score (nSPS) is 21.2. The highest BCUT2D eigenvalue weighted by Gasteiger charge is 2.62. The molecule has 178 valence electrons. The lowest BCUT2D eigenvalue weighted by Gasteiger charge is -2.56. The second-order valence-corrected chi connectivity index (χ2v) is 58.5. The quantitative estimate of drug-likeness (QED) is 0.338. The van der Waals surface area contributed by atoms with E-state index in [-0.39, 0.29) is 12.1 Å². The molecule has 9 heteroatoms. The molecule has 0 aromatic carbocycles. The summed E-state index contributed by atoms with van der Waals surface area (Å²) in [5.74, 6) is 0.468. The van der Waals surface area contributed by atoms with Crippen LogP contribution in [0.3, 0.4) is 0 Å². The van der Waals surface area contributed by atoms with Gasteiger partial charge in [-0.3, -0.25) is 0 Å². The minimum atomic E-state index is -1.48. The highest BCUT2D eigenvalue weighted by Crippen LogP contribution is 2.45. The molecule has 0 unspecified atom stereocenters. The first-order valence-electron chi connectivity index (χ1n) is 11.7. The highest BCUT2D eigenvalue weighted by atomic mass is 32.4. The zero-order valence-corrected chi connectivity index (χ0v) is 26.7. The van der Waals surface area contributed by atoms with Crippen LogP contribution in [0.15, 0.2) is 0 Å². The first-order valence-corrected chi connectivity index (χ1v) is 28.9. The van der Waals surface area contributed by atoms with Gasteiger partial charge in [0, 0.05) is 41.0 Å². The molecule has 0 spiro atoms. The third-order valence-corrected chi connectivity index (χ3v) is 95.7. The lowest BCUT2D eigenvalue weighted by molar-refractivity contribution is 0.0789. The van der Waals surface area contributed by atoms with Crippen LogP contribution in [0.4, 0.5) is 4.79 Å². The number of hydrogen-bond acceptors (Lipinski definition) is 4. The zero-order valence-electron chi connectivity index (χ0n) is 21.8. The molecule has 4 nitrogen and oxygen atoms in total. The van der Waals surface area contributed by atoms with Crippen molar-refractivity contribution in [2.75, 3.05) is 32.1 Å². The number of nitrogens with zero attached hydrogens (tertiary/aromatic N) is 1. The van der Waals surface area contributed by atoms with Crippen LogP contribution in [0.25, 0.3) is 0 Å². The van der Waals surface area contributed by atoms with Crippen LogP contribution in [-0.4, -0.2) is 77.7 Å². The summed E-state index contributed by atoms with van der Waals surface area (Å²) < 4.78 is 11.3. The molecule has 1 rings (SSSR count). The summed E-state index contributed by atoms with van der Waals surface area (Å²) in [6, 6.07) is 0.145. The molecule has 0 radical (unpaired) electrons. The van der Waals surface area contributed by atoms with Crippen molar-refractivity contribution >= 4 is 45.9 Å². The molecule has 30 heavy (non-hydrogen) atoms. The van der Waals surface area contributed by atoms with Gasteiger partial charge < -0.3 is 14.4 Å². The summed E-state index contributed by atoms with van der Waals surface area (Å²) in [6.45, 7) is 32.7. The number of amides is 1. The molecule has 0 N–H and O–H groups in total. The number of rotatable bonds is 10. The van der Waals surface area contributed by atoms with Gasteiger partial charge in [-0.25, -0.2) is 4.79 Å². The zero-order chi connectivity index (χ0) is 23.5. The van der Waals surface area contributed by atoms with Crippen molar-refractivity contribution in [1.29, 1.82) is 0 Å². The van der Waals surface area contributed by atoms with Gasteiger partial charge in [0.15, 0.2) is 0 Å². The third kappa shape index (κ3) is 6.06. The molecule has 0 aliphatic carbocycles. The van der Waals surface area contributed by atoms with Gasteiger partial charge in [-0.1, -0.05) is 72.8 Å². The Bertz CT molecular complexity index is 534. The average molecular weight is 508 g/mol. The molecular weight excluding hydrogens is 459 g/mol. The molecule has 1 heterocycles. The van der Waals surface area contributed by atoms with E-state index in [9.17, 15) is 4.79 Å². The second kappa shape index (κ2) is 10.6. The minimum Gasteiger partial charge on any atom is -0.450 e. The van der Waals surface area contributed by atoms with Gasteiger partial charge in [0.05, 0.1) is 31.6 Å². The van der Waals surface area contributed by atoms with Gasteiger partial charge >= 0.3 is 6.09 Å². The van der Waals surface area contributed by atoms with Gasteiger partial charge in [0.2, 0.25) is 0 Å². The Morgan fingerprint density at radius 1 is 1.00 bits per heavy atom. The van der Waals surface area contributed by atoms with E-state index in [0.717, 1.165) is 18.9 Å². The summed E-state index contributed by atoms with van der Waals surface area (Å²) in [6.07, 6.45) is -0.152. The molecule has 0 aromatic rings. The molecule has 0 aromatic heterocycles. The van der Waals surface area contributed by atoms with Crippen molar-refractivity contribution in [1.82, 2.24) is 4.90 Å². The Hall–Kier alpha value is 0.448. The van der Waals surface area contributed by atoms with E-state index >= 15 is 0 Å². The third-order valence-electron chi connectivity index (χ3n) is 6.67. The number of ether oxygens (including phenoxy) is 2. The molecule has 2 atom stereocenters. The summed E-state index contributed by atoms with van der Waals surface area (Å²) in [5, 5.41) is 0. The van der Waals surface area contributed by atoms with Gasteiger partial charge in [0.25, 0.3) is 0 Å². The summed E-state index contributed by atoms with van der Waals surface area (Å²) in [5.41, 5.74) is 0. The lowest BCUT2D eigenvalue weighted by Crippen LogP contribution is -2.81.